The van der Waals surface area contributed by atoms with Gasteiger partial charge in [0.05, 0.1) is 15.6 Å². The Bertz CT molecular complexity index is 669. The summed E-state index contributed by atoms with van der Waals surface area (Å²) in [6.45, 7) is 0. The van der Waals surface area contributed by atoms with Crippen LogP contribution < -0.4 is 10.0 Å². The standard InChI is InChI=1S/C13H13ClN2O2S/c1-15-10-6-8-11(9-7-10)19(17,18)16-13-5-3-2-4-12(13)14/h2-9,15-16H,1H3. The lowest BCUT2D eigenvalue weighted by molar-refractivity contribution is 0.601. The molecule has 2 aromatic carbocycles. The third-order valence-corrected chi connectivity index (χ3v) is 4.28. The van der Waals surface area contributed by atoms with Crippen molar-refractivity contribution in [3.63, 3.8) is 0 Å². The van der Waals surface area contributed by atoms with Crippen molar-refractivity contribution in [2.24, 2.45) is 0 Å². The van der Waals surface area contributed by atoms with Crippen LogP contribution in [0.1, 0.15) is 0 Å². The van der Waals surface area contributed by atoms with Crippen molar-refractivity contribution >= 4 is 33.0 Å². The van der Waals surface area contributed by atoms with Gasteiger partial charge in [-0.05, 0) is 36.4 Å². The average Bonchev–Trinajstić information content (AvgIpc) is 2.41. The molecule has 0 aliphatic carbocycles. The van der Waals surface area contributed by atoms with Gasteiger partial charge in [-0.1, -0.05) is 23.7 Å². The molecule has 0 saturated carbocycles. The minimum absolute atomic E-state index is 0.186. The molecule has 19 heavy (non-hydrogen) atoms. The minimum Gasteiger partial charge on any atom is -0.388 e. The van der Waals surface area contributed by atoms with Crippen LogP contribution in [0.2, 0.25) is 5.02 Å². The van der Waals surface area contributed by atoms with Crippen molar-refractivity contribution < 1.29 is 8.42 Å². The van der Waals surface area contributed by atoms with Crippen LogP contribution in [0.15, 0.2) is 53.4 Å². The number of hydrogen-bond donors (Lipinski definition) is 2. The van der Waals surface area contributed by atoms with E-state index >= 15 is 0 Å². The van der Waals surface area contributed by atoms with Gasteiger partial charge in [-0.3, -0.25) is 4.72 Å². The number of hydrogen-bond acceptors (Lipinski definition) is 3. The second-order valence-electron chi connectivity index (χ2n) is 3.86. The molecule has 0 fully saturated rings. The lowest BCUT2D eigenvalue weighted by Gasteiger charge is -2.10. The van der Waals surface area contributed by atoms with Crippen LogP contribution in [0.25, 0.3) is 0 Å². The zero-order chi connectivity index (χ0) is 13.9. The quantitative estimate of drug-likeness (QED) is 0.911. The summed E-state index contributed by atoms with van der Waals surface area (Å²) in [5.41, 5.74) is 1.21. The number of benzene rings is 2. The Morgan fingerprint density at radius 2 is 1.63 bits per heavy atom. The zero-order valence-corrected chi connectivity index (χ0v) is 11.8. The molecule has 0 saturated heterocycles. The molecule has 0 atom stereocenters. The molecule has 2 N–H and O–H groups in total. The van der Waals surface area contributed by atoms with E-state index in [-0.39, 0.29) is 4.90 Å². The first-order valence-electron chi connectivity index (χ1n) is 5.58. The van der Waals surface area contributed by atoms with E-state index in [1.165, 1.54) is 12.1 Å². The second kappa shape index (κ2) is 5.50. The zero-order valence-electron chi connectivity index (χ0n) is 10.2. The molecule has 4 nitrogen and oxygen atoms in total. The van der Waals surface area contributed by atoms with E-state index in [0.717, 1.165) is 5.69 Å². The molecule has 0 aliphatic heterocycles. The van der Waals surface area contributed by atoms with Gasteiger partial charge in [0.1, 0.15) is 0 Å². The SMILES string of the molecule is CNc1ccc(S(=O)(=O)Nc2ccccc2Cl)cc1. The first kappa shape index (κ1) is 13.7. The van der Waals surface area contributed by atoms with Crippen molar-refractivity contribution in [3.8, 4) is 0 Å². The van der Waals surface area contributed by atoms with Crippen LogP contribution in [0.3, 0.4) is 0 Å². The van der Waals surface area contributed by atoms with Gasteiger partial charge in [-0.15, -0.1) is 0 Å². The third-order valence-electron chi connectivity index (χ3n) is 2.57. The molecule has 0 radical (unpaired) electrons. The topological polar surface area (TPSA) is 58.2 Å². The molecular weight excluding hydrogens is 284 g/mol. The Balaban J connectivity index is 2.30. The molecule has 0 unspecified atom stereocenters. The van der Waals surface area contributed by atoms with Gasteiger partial charge >= 0.3 is 0 Å². The van der Waals surface area contributed by atoms with E-state index in [0.29, 0.717) is 10.7 Å². The van der Waals surface area contributed by atoms with E-state index in [4.69, 9.17) is 11.6 Å². The van der Waals surface area contributed by atoms with E-state index in [1.807, 2.05) is 0 Å². The molecule has 6 heteroatoms. The fourth-order valence-corrected chi connectivity index (χ4v) is 2.87. The summed E-state index contributed by atoms with van der Waals surface area (Å²) in [6, 6.07) is 13.2. The summed E-state index contributed by atoms with van der Waals surface area (Å²) in [4.78, 5) is 0.186. The van der Waals surface area contributed by atoms with Crippen molar-refractivity contribution in [2.75, 3.05) is 17.1 Å². The molecule has 0 aliphatic rings. The summed E-state index contributed by atoms with van der Waals surface area (Å²) in [5, 5.41) is 3.29. The molecule has 0 heterocycles. The fourth-order valence-electron chi connectivity index (χ4n) is 1.55. The highest BCUT2D eigenvalue weighted by Crippen LogP contribution is 2.24. The summed E-state index contributed by atoms with van der Waals surface area (Å²) in [7, 11) is -1.85. The molecule has 100 valence electrons. The van der Waals surface area contributed by atoms with E-state index in [1.54, 1.807) is 43.4 Å². The van der Waals surface area contributed by atoms with Gasteiger partial charge in [0.15, 0.2) is 0 Å². The first-order valence-corrected chi connectivity index (χ1v) is 7.44. The van der Waals surface area contributed by atoms with Crippen LogP contribution in [0.4, 0.5) is 11.4 Å². The predicted octanol–water partition coefficient (Wildman–Crippen LogP) is 3.18. The highest BCUT2D eigenvalue weighted by Gasteiger charge is 2.15. The molecule has 0 amide bonds. The van der Waals surface area contributed by atoms with E-state index in [9.17, 15) is 8.42 Å². The van der Waals surface area contributed by atoms with Crippen LogP contribution in [-0.4, -0.2) is 15.5 Å². The Morgan fingerprint density at radius 3 is 2.21 bits per heavy atom. The number of nitrogens with one attached hydrogen (secondary N) is 2. The van der Waals surface area contributed by atoms with Crippen LogP contribution in [0.5, 0.6) is 0 Å². The summed E-state index contributed by atoms with van der Waals surface area (Å²) in [6.07, 6.45) is 0. The summed E-state index contributed by atoms with van der Waals surface area (Å²) in [5.74, 6) is 0. The normalized spacial score (nSPS) is 11.1. The van der Waals surface area contributed by atoms with Crippen molar-refractivity contribution in [1.29, 1.82) is 0 Å². The van der Waals surface area contributed by atoms with Gasteiger partial charge in [-0.2, -0.15) is 0 Å². The van der Waals surface area contributed by atoms with E-state index < -0.39 is 10.0 Å². The largest absolute Gasteiger partial charge is 0.388 e. The van der Waals surface area contributed by atoms with Crippen LogP contribution >= 0.6 is 11.6 Å². The molecule has 0 spiro atoms. The Hall–Kier alpha value is -1.72. The number of sulfonamides is 1. The highest BCUT2D eigenvalue weighted by molar-refractivity contribution is 7.92. The number of halogens is 1. The highest BCUT2D eigenvalue weighted by atomic mass is 35.5. The summed E-state index contributed by atoms with van der Waals surface area (Å²) >= 11 is 5.93. The molecular formula is C13H13ClN2O2S. The maximum Gasteiger partial charge on any atom is 0.261 e. The predicted molar refractivity (Wildman–Crippen MR) is 78.2 cm³/mol. The molecule has 2 aromatic rings. The molecule has 0 bridgehead atoms. The number of rotatable bonds is 4. The number of anilines is 2. The summed E-state index contributed by atoms with van der Waals surface area (Å²) < 4.78 is 26.8. The van der Waals surface area contributed by atoms with Gasteiger partial charge < -0.3 is 5.32 Å². The maximum atomic E-state index is 12.2. The fraction of sp³-hybridized carbons (Fsp3) is 0.0769. The van der Waals surface area contributed by atoms with Crippen molar-refractivity contribution in [3.05, 3.63) is 53.6 Å². The third kappa shape index (κ3) is 3.19. The van der Waals surface area contributed by atoms with Crippen LogP contribution in [0, 0.1) is 0 Å². The van der Waals surface area contributed by atoms with Gasteiger partial charge in [0, 0.05) is 12.7 Å². The maximum absolute atomic E-state index is 12.2. The second-order valence-corrected chi connectivity index (χ2v) is 5.95. The average molecular weight is 297 g/mol. The molecule has 0 aromatic heterocycles. The van der Waals surface area contributed by atoms with Crippen LogP contribution in [-0.2, 0) is 10.0 Å². The van der Waals surface area contributed by atoms with E-state index in [2.05, 4.69) is 10.0 Å². The smallest absolute Gasteiger partial charge is 0.261 e. The lowest BCUT2D eigenvalue weighted by atomic mass is 10.3. The van der Waals surface area contributed by atoms with Crippen molar-refractivity contribution in [2.45, 2.75) is 4.90 Å². The first-order chi connectivity index (χ1) is 9.03. The minimum atomic E-state index is -3.62. The Morgan fingerprint density at radius 1 is 1.00 bits per heavy atom. The van der Waals surface area contributed by atoms with Gasteiger partial charge in [0.25, 0.3) is 10.0 Å². The Labute approximate surface area is 117 Å². The monoisotopic (exact) mass is 296 g/mol. The van der Waals surface area contributed by atoms with Crippen molar-refractivity contribution in [1.82, 2.24) is 0 Å². The Kier molecular flexibility index (Phi) is 3.97. The van der Waals surface area contributed by atoms with Gasteiger partial charge in [-0.25, -0.2) is 8.42 Å². The molecule has 2 rings (SSSR count). The van der Waals surface area contributed by atoms with Gasteiger partial charge in [0.2, 0.25) is 0 Å². The lowest BCUT2D eigenvalue weighted by Crippen LogP contribution is -2.13. The number of para-hydroxylation sites is 1.